The van der Waals surface area contributed by atoms with Crippen LogP contribution in [0.2, 0.25) is 0 Å². The highest BCUT2D eigenvalue weighted by molar-refractivity contribution is 14.0. The lowest BCUT2D eigenvalue weighted by Crippen LogP contribution is -2.48. The maximum atomic E-state index is 11.7. The van der Waals surface area contributed by atoms with Gasteiger partial charge in [0.2, 0.25) is 0 Å². The summed E-state index contributed by atoms with van der Waals surface area (Å²) < 4.78 is 23.5. The maximum absolute atomic E-state index is 11.7. The van der Waals surface area contributed by atoms with Crippen molar-refractivity contribution in [2.75, 3.05) is 32.9 Å². The molecule has 1 aliphatic rings. The van der Waals surface area contributed by atoms with Crippen molar-refractivity contribution in [2.45, 2.75) is 51.1 Å². The molecule has 1 aliphatic heterocycles. The van der Waals surface area contributed by atoms with E-state index in [2.05, 4.69) is 34.4 Å². The van der Waals surface area contributed by atoms with Gasteiger partial charge in [-0.2, -0.15) is 0 Å². The molecule has 2 N–H and O–H groups in total. The first-order valence-electron chi connectivity index (χ1n) is 9.69. The molecule has 0 aliphatic carbocycles. The van der Waals surface area contributed by atoms with E-state index in [-0.39, 0.29) is 24.0 Å². The minimum atomic E-state index is -3.18. The van der Waals surface area contributed by atoms with Crippen LogP contribution in [-0.4, -0.2) is 58.3 Å². The molecule has 0 saturated carbocycles. The summed E-state index contributed by atoms with van der Waals surface area (Å²) in [5.41, 5.74) is 1.80. The van der Waals surface area contributed by atoms with Crippen molar-refractivity contribution in [3.8, 4) is 0 Å². The molecule has 28 heavy (non-hydrogen) atoms. The lowest BCUT2D eigenvalue weighted by molar-refractivity contribution is 0.139. The molecule has 1 saturated heterocycles. The molecule has 6 nitrogen and oxygen atoms in total. The predicted octanol–water partition coefficient (Wildman–Crippen LogP) is 2.80. The molecule has 0 spiro atoms. The highest BCUT2D eigenvalue weighted by Gasteiger charge is 2.20. The van der Waals surface area contributed by atoms with Crippen molar-refractivity contribution in [1.29, 1.82) is 0 Å². The van der Waals surface area contributed by atoms with Gasteiger partial charge in [0, 0.05) is 39.0 Å². The van der Waals surface area contributed by atoms with Gasteiger partial charge in [0.15, 0.2) is 15.8 Å². The Balaban J connectivity index is 0.00000392. The summed E-state index contributed by atoms with van der Waals surface area (Å²) in [6.45, 7) is 10.2. The topological polar surface area (TPSA) is 73.8 Å². The first kappa shape index (κ1) is 25.2. The van der Waals surface area contributed by atoms with E-state index in [1.165, 1.54) is 32.2 Å². The second-order valence-electron chi connectivity index (χ2n) is 7.77. The quantitative estimate of drug-likeness (QED) is 0.342. The number of hydrogen-bond acceptors (Lipinski definition) is 4. The molecule has 8 heteroatoms. The first-order valence-corrected chi connectivity index (χ1v) is 11.6. The number of aliphatic imine (C=N–C) groups is 1. The zero-order valence-corrected chi connectivity index (χ0v) is 20.8. The number of halogens is 1. The average molecular weight is 522 g/mol. The number of nitrogens with one attached hydrogen (secondary N) is 2. The van der Waals surface area contributed by atoms with Gasteiger partial charge in [-0.1, -0.05) is 19.1 Å². The number of aryl methyl sites for hydroxylation is 1. The van der Waals surface area contributed by atoms with Gasteiger partial charge in [0.05, 0.1) is 4.90 Å². The van der Waals surface area contributed by atoms with Gasteiger partial charge >= 0.3 is 0 Å². The molecule has 2 rings (SSSR count). The molecule has 1 aromatic carbocycles. The van der Waals surface area contributed by atoms with Crippen LogP contribution in [0.4, 0.5) is 0 Å². The SMILES string of the molecule is CN=C(NCc1ccc(S(C)(=O)=O)c(C)c1)NCC(C)N1CCCC(C)C1.I. The smallest absolute Gasteiger partial charge is 0.191 e. The molecule has 160 valence electrons. The van der Waals surface area contributed by atoms with Crippen molar-refractivity contribution in [3.05, 3.63) is 29.3 Å². The zero-order valence-electron chi connectivity index (χ0n) is 17.7. The zero-order chi connectivity index (χ0) is 20.0. The Morgan fingerprint density at radius 1 is 1.36 bits per heavy atom. The number of guanidine groups is 1. The Morgan fingerprint density at radius 2 is 2.07 bits per heavy atom. The third kappa shape index (κ3) is 7.51. The molecule has 1 aromatic rings. The number of sulfone groups is 1. The highest BCUT2D eigenvalue weighted by atomic mass is 127. The fourth-order valence-electron chi connectivity index (χ4n) is 3.64. The molecule has 0 bridgehead atoms. The lowest BCUT2D eigenvalue weighted by atomic mass is 9.99. The highest BCUT2D eigenvalue weighted by Crippen LogP contribution is 2.18. The summed E-state index contributed by atoms with van der Waals surface area (Å²) in [6, 6.07) is 5.90. The van der Waals surface area contributed by atoms with E-state index >= 15 is 0 Å². The molecule has 2 atom stereocenters. The molecular weight excluding hydrogens is 487 g/mol. The van der Waals surface area contributed by atoms with E-state index in [0.29, 0.717) is 17.5 Å². The van der Waals surface area contributed by atoms with Gasteiger partial charge in [-0.15, -0.1) is 24.0 Å². The van der Waals surface area contributed by atoms with Crippen molar-refractivity contribution < 1.29 is 8.42 Å². The summed E-state index contributed by atoms with van der Waals surface area (Å²) >= 11 is 0. The first-order chi connectivity index (χ1) is 12.7. The standard InChI is InChI=1S/C20H34N4O2S.HI/c1-15-7-6-10-24(14-15)17(3)12-22-20(21-4)23-13-18-8-9-19(16(2)11-18)27(5,25)26;/h8-9,11,15,17H,6-7,10,12-14H2,1-5H3,(H2,21,22,23);1H. The number of benzene rings is 1. The van der Waals surface area contributed by atoms with Crippen molar-refractivity contribution in [3.63, 3.8) is 0 Å². The van der Waals surface area contributed by atoms with E-state index < -0.39 is 9.84 Å². The number of hydrogen-bond donors (Lipinski definition) is 2. The summed E-state index contributed by atoms with van der Waals surface area (Å²) in [5.74, 6) is 1.54. The summed E-state index contributed by atoms with van der Waals surface area (Å²) in [5, 5.41) is 6.71. The molecule has 0 amide bonds. The number of piperidine rings is 1. The predicted molar refractivity (Wildman–Crippen MR) is 127 cm³/mol. The Hall–Kier alpha value is -0.870. The van der Waals surface area contributed by atoms with E-state index in [9.17, 15) is 8.42 Å². The molecule has 1 heterocycles. The van der Waals surface area contributed by atoms with E-state index in [4.69, 9.17) is 0 Å². The van der Waals surface area contributed by atoms with Gasteiger partial charge in [0.25, 0.3) is 0 Å². The fraction of sp³-hybridized carbons (Fsp3) is 0.650. The summed E-state index contributed by atoms with van der Waals surface area (Å²) in [7, 11) is -1.42. The van der Waals surface area contributed by atoms with Gasteiger partial charge in [-0.25, -0.2) is 8.42 Å². The fourth-order valence-corrected chi connectivity index (χ4v) is 4.60. The Kier molecular flexibility index (Phi) is 10.2. The van der Waals surface area contributed by atoms with Crippen LogP contribution in [0.25, 0.3) is 0 Å². The Labute approximate surface area is 187 Å². The van der Waals surface area contributed by atoms with Crippen LogP contribution in [0.1, 0.15) is 37.8 Å². The number of rotatable bonds is 6. The molecule has 0 radical (unpaired) electrons. The van der Waals surface area contributed by atoms with Crippen LogP contribution in [-0.2, 0) is 16.4 Å². The molecular formula is C20H35IN4O2S. The number of likely N-dealkylation sites (tertiary alicyclic amines) is 1. The summed E-state index contributed by atoms with van der Waals surface area (Å²) in [4.78, 5) is 7.23. The van der Waals surface area contributed by atoms with Gasteiger partial charge in [-0.3, -0.25) is 9.89 Å². The van der Waals surface area contributed by atoms with Crippen molar-refractivity contribution in [1.82, 2.24) is 15.5 Å². The second-order valence-corrected chi connectivity index (χ2v) is 9.75. The molecule has 2 unspecified atom stereocenters. The lowest BCUT2D eigenvalue weighted by Gasteiger charge is -2.35. The van der Waals surface area contributed by atoms with Gasteiger partial charge in [0.1, 0.15) is 0 Å². The number of nitrogens with zero attached hydrogens (tertiary/aromatic N) is 2. The third-order valence-corrected chi connectivity index (χ3v) is 6.46. The largest absolute Gasteiger partial charge is 0.355 e. The molecule has 1 fully saturated rings. The van der Waals surface area contributed by atoms with Crippen LogP contribution in [0.3, 0.4) is 0 Å². The Morgan fingerprint density at radius 3 is 2.64 bits per heavy atom. The maximum Gasteiger partial charge on any atom is 0.191 e. The third-order valence-electron chi connectivity index (χ3n) is 5.20. The average Bonchev–Trinajstić information content (AvgIpc) is 2.60. The minimum Gasteiger partial charge on any atom is -0.355 e. The molecule has 0 aromatic heterocycles. The normalized spacial score (nSPS) is 19.6. The van der Waals surface area contributed by atoms with E-state index in [1.807, 2.05) is 19.1 Å². The van der Waals surface area contributed by atoms with Crippen LogP contribution in [0.5, 0.6) is 0 Å². The van der Waals surface area contributed by atoms with Crippen LogP contribution in [0, 0.1) is 12.8 Å². The van der Waals surface area contributed by atoms with Crippen LogP contribution in [0.15, 0.2) is 28.1 Å². The van der Waals surface area contributed by atoms with E-state index in [1.54, 1.807) is 13.1 Å². The van der Waals surface area contributed by atoms with Gasteiger partial charge in [-0.05, 0) is 56.3 Å². The second kappa shape index (κ2) is 11.3. The van der Waals surface area contributed by atoms with Crippen LogP contribution < -0.4 is 10.6 Å². The Bertz CT molecular complexity index is 767. The minimum absolute atomic E-state index is 0. The summed E-state index contributed by atoms with van der Waals surface area (Å²) in [6.07, 6.45) is 3.85. The van der Waals surface area contributed by atoms with Crippen LogP contribution >= 0.6 is 24.0 Å². The van der Waals surface area contributed by atoms with Crippen molar-refractivity contribution >= 4 is 39.8 Å². The van der Waals surface area contributed by atoms with Gasteiger partial charge < -0.3 is 10.6 Å². The monoisotopic (exact) mass is 522 g/mol. The van der Waals surface area contributed by atoms with Crippen molar-refractivity contribution in [2.24, 2.45) is 10.9 Å². The van der Waals surface area contributed by atoms with E-state index in [0.717, 1.165) is 29.5 Å².